The second-order valence-corrected chi connectivity index (χ2v) is 6.18. The number of benzene rings is 1. The molecule has 0 aliphatic carbocycles. The first-order chi connectivity index (χ1) is 10.2. The fourth-order valence-corrected chi connectivity index (χ4v) is 3.53. The number of hydrogen-bond acceptors (Lipinski definition) is 4. The maximum Gasteiger partial charge on any atom is 0.127 e. The summed E-state index contributed by atoms with van der Waals surface area (Å²) in [5, 5.41) is 13.2. The molecule has 21 heavy (non-hydrogen) atoms. The summed E-state index contributed by atoms with van der Waals surface area (Å²) in [5.74, 6) is 1.06. The average molecular weight is 291 g/mol. The lowest BCUT2D eigenvalue weighted by molar-refractivity contribution is -0.0942. The molecule has 0 aromatic heterocycles. The minimum absolute atomic E-state index is 0.0349. The third-order valence-electron chi connectivity index (χ3n) is 5.00. The van der Waals surface area contributed by atoms with Crippen LogP contribution in [0.4, 0.5) is 0 Å². The zero-order valence-electron chi connectivity index (χ0n) is 12.9. The van der Waals surface area contributed by atoms with Crippen molar-refractivity contribution >= 4 is 0 Å². The van der Waals surface area contributed by atoms with Crippen molar-refractivity contribution in [1.29, 1.82) is 0 Å². The Morgan fingerprint density at radius 2 is 2.14 bits per heavy atom. The van der Waals surface area contributed by atoms with Crippen molar-refractivity contribution in [2.75, 3.05) is 13.2 Å². The highest BCUT2D eigenvalue weighted by molar-refractivity contribution is 5.44. The summed E-state index contributed by atoms with van der Waals surface area (Å²) >= 11 is 0. The largest absolute Gasteiger partial charge is 0.508 e. The minimum atomic E-state index is 0.0349. The fraction of sp³-hybridized carbons (Fsp3) is 0.647. The molecule has 0 radical (unpaired) electrons. The molecule has 1 aromatic rings. The van der Waals surface area contributed by atoms with E-state index < -0.39 is 0 Å². The zero-order valence-corrected chi connectivity index (χ0v) is 12.9. The van der Waals surface area contributed by atoms with Gasteiger partial charge in [0.05, 0.1) is 11.6 Å². The second kappa shape index (κ2) is 5.85. The van der Waals surface area contributed by atoms with Crippen molar-refractivity contribution in [3.63, 3.8) is 0 Å². The van der Waals surface area contributed by atoms with Gasteiger partial charge in [0.2, 0.25) is 0 Å². The second-order valence-electron chi connectivity index (χ2n) is 6.18. The van der Waals surface area contributed by atoms with Gasteiger partial charge in [-0.25, -0.2) is 0 Å². The average Bonchev–Trinajstić information content (AvgIpc) is 2.89. The van der Waals surface area contributed by atoms with Crippen molar-refractivity contribution in [3.8, 4) is 11.5 Å². The molecule has 2 aliphatic heterocycles. The normalized spacial score (nSPS) is 27.1. The predicted molar refractivity (Wildman–Crippen MR) is 81.8 cm³/mol. The topological polar surface area (TPSA) is 50.7 Å². The molecule has 4 heteroatoms. The van der Waals surface area contributed by atoms with Crippen LogP contribution < -0.4 is 10.1 Å². The van der Waals surface area contributed by atoms with Gasteiger partial charge in [-0.1, -0.05) is 13.8 Å². The van der Waals surface area contributed by atoms with Gasteiger partial charge < -0.3 is 19.9 Å². The van der Waals surface area contributed by atoms with E-state index in [1.807, 2.05) is 6.07 Å². The molecule has 0 saturated carbocycles. The van der Waals surface area contributed by atoms with Crippen LogP contribution in [0.25, 0.3) is 0 Å². The predicted octanol–water partition coefficient (Wildman–Crippen LogP) is 3.15. The van der Waals surface area contributed by atoms with Gasteiger partial charge in [0.1, 0.15) is 18.1 Å². The van der Waals surface area contributed by atoms with Gasteiger partial charge in [-0.3, -0.25) is 0 Å². The van der Waals surface area contributed by atoms with Crippen LogP contribution in [-0.4, -0.2) is 30.0 Å². The van der Waals surface area contributed by atoms with Gasteiger partial charge in [-0.05, 0) is 37.8 Å². The van der Waals surface area contributed by atoms with Crippen LogP contribution in [0.3, 0.4) is 0 Å². The lowest BCUT2D eigenvalue weighted by Crippen LogP contribution is -2.47. The molecule has 2 heterocycles. The summed E-state index contributed by atoms with van der Waals surface area (Å²) in [6, 6.07) is 6.07. The van der Waals surface area contributed by atoms with E-state index in [1.54, 1.807) is 12.1 Å². The number of ether oxygens (including phenoxy) is 2. The van der Waals surface area contributed by atoms with Crippen LogP contribution in [0.1, 0.15) is 51.1 Å². The number of fused-ring (bicyclic) bond motifs is 1. The molecular formula is C17H25NO3. The first-order valence-corrected chi connectivity index (χ1v) is 8.01. The summed E-state index contributed by atoms with van der Waals surface area (Å²) in [7, 11) is 0. The van der Waals surface area contributed by atoms with E-state index in [1.165, 1.54) is 0 Å². The Bertz CT molecular complexity index is 499. The number of aromatic hydroxyl groups is 1. The molecule has 1 saturated heterocycles. The summed E-state index contributed by atoms with van der Waals surface area (Å²) in [4.78, 5) is 0. The quantitative estimate of drug-likeness (QED) is 0.894. The minimum Gasteiger partial charge on any atom is -0.508 e. The fourth-order valence-electron chi connectivity index (χ4n) is 3.53. The van der Waals surface area contributed by atoms with Crippen LogP contribution in [0.15, 0.2) is 18.2 Å². The van der Waals surface area contributed by atoms with Gasteiger partial charge in [0.25, 0.3) is 0 Å². The van der Waals surface area contributed by atoms with Crippen molar-refractivity contribution < 1.29 is 14.6 Å². The van der Waals surface area contributed by atoms with Crippen LogP contribution in [0.5, 0.6) is 11.5 Å². The Balaban J connectivity index is 1.68. The lowest BCUT2D eigenvalue weighted by Gasteiger charge is -2.41. The Hall–Kier alpha value is -1.26. The smallest absolute Gasteiger partial charge is 0.127 e. The van der Waals surface area contributed by atoms with E-state index in [2.05, 4.69) is 19.2 Å². The molecule has 0 spiro atoms. The molecule has 0 amide bonds. The standard InChI is InChI=1S/C17H25NO3/c1-3-17(4-2)10-12(7-8-21-17)18-15-11-20-16-9-13(19)5-6-14(15)16/h5-6,9,12,15,18-19H,3-4,7-8,10-11H2,1-2H3. The highest BCUT2D eigenvalue weighted by Crippen LogP contribution is 2.37. The molecule has 116 valence electrons. The molecule has 2 unspecified atom stereocenters. The van der Waals surface area contributed by atoms with Crippen molar-refractivity contribution in [2.45, 2.75) is 57.2 Å². The van der Waals surface area contributed by atoms with Crippen LogP contribution in [-0.2, 0) is 4.74 Å². The Kier molecular flexibility index (Phi) is 4.09. The van der Waals surface area contributed by atoms with Gasteiger partial charge in [-0.2, -0.15) is 0 Å². The summed E-state index contributed by atoms with van der Waals surface area (Å²) in [5.41, 5.74) is 1.19. The summed E-state index contributed by atoms with van der Waals surface area (Å²) in [6.45, 7) is 5.89. The molecule has 4 nitrogen and oxygen atoms in total. The number of nitrogens with one attached hydrogen (secondary N) is 1. The molecule has 3 rings (SSSR count). The summed E-state index contributed by atoms with van der Waals surface area (Å²) in [6.07, 6.45) is 4.23. The third-order valence-corrected chi connectivity index (χ3v) is 5.00. The maximum absolute atomic E-state index is 9.52. The SMILES string of the molecule is CCC1(CC)CC(NC2COc3cc(O)ccc32)CCO1. The van der Waals surface area contributed by atoms with Crippen molar-refractivity contribution in [2.24, 2.45) is 0 Å². The van der Waals surface area contributed by atoms with E-state index in [0.717, 1.165) is 43.6 Å². The highest BCUT2D eigenvalue weighted by atomic mass is 16.5. The zero-order chi connectivity index (χ0) is 14.9. The van der Waals surface area contributed by atoms with E-state index in [4.69, 9.17) is 9.47 Å². The van der Waals surface area contributed by atoms with Crippen molar-refractivity contribution in [1.82, 2.24) is 5.32 Å². The molecule has 1 fully saturated rings. The Morgan fingerprint density at radius 1 is 1.33 bits per heavy atom. The summed E-state index contributed by atoms with van der Waals surface area (Å²) < 4.78 is 11.7. The third kappa shape index (κ3) is 2.87. The number of rotatable bonds is 4. The number of phenols is 1. The van der Waals surface area contributed by atoms with Gasteiger partial charge in [0.15, 0.2) is 0 Å². The van der Waals surface area contributed by atoms with E-state index >= 15 is 0 Å². The number of phenolic OH excluding ortho intramolecular Hbond substituents is 1. The molecular weight excluding hydrogens is 266 g/mol. The van der Waals surface area contributed by atoms with E-state index in [-0.39, 0.29) is 17.4 Å². The van der Waals surface area contributed by atoms with E-state index in [9.17, 15) is 5.11 Å². The Labute approximate surface area is 126 Å². The molecule has 2 N–H and O–H groups in total. The maximum atomic E-state index is 9.52. The first kappa shape index (κ1) is 14.7. The molecule has 2 atom stereocenters. The molecule has 2 aliphatic rings. The van der Waals surface area contributed by atoms with Gasteiger partial charge >= 0.3 is 0 Å². The van der Waals surface area contributed by atoms with Crippen LogP contribution in [0, 0.1) is 0 Å². The lowest BCUT2D eigenvalue weighted by atomic mass is 9.85. The Morgan fingerprint density at radius 3 is 2.90 bits per heavy atom. The van der Waals surface area contributed by atoms with E-state index in [0.29, 0.717) is 12.6 Å². The molecule has 0 bridgehead atoms. The van der Waals surface area contributed by atoms with Crippen LogP contribution in [0.2, 0.25) is 0 Å². The molecule has 1 aromatic carbocycles. The first-order valence-electron chi connectivity index (χ1n) is 8.01. The van der Waals surface area contributed by atoms with Crippen LogP contribution >= 0.6 is 0 Å². The van der Waals surface area contributed by atoms with Gasteiger partial charge in [-0.15, -0.1) is 0 Å². The number of hydrogen-bond donors (Lipinski definition) is 2. The van der Waals surface area contributed by atoms with Gasteiger partial charge in [0, 0.05) is 24.3 Å². The highest BCUT2D eigenvalue weighted by Gasteiger charge is 2.36. The monoisotopic (exact) mass is 291 g/mol. The van der Waals surface area contributed by atoms with Crippen molar-refractivity contribution in [3.05, 3.63) is 23.8 Å².